The fourth-order valence-electron chi connectivity index (χ4n) is 1.98. The molecule has 0 atom stereocenters. The summed E-state index contributed by atoms with van der Waals surface area (Å²) in [6.45, 7) is 0.389. The minimum atomic E-state index is -0.463. The van der Waals surface area contributed by atoms with Gasteiger partial charge in [0.05, 0.1) is 11.3 Å². The maximum Gasteiger partial charge on any atom is 0.260 e. The quantitative estimate of drug-likeness (QED) is 0.359. The van der Waals surface area contributed by atoms with Gasteiger partial charge in [0, 0.05) is 22.9 Å². The third kappa shape index (κ3) is 2.86. The molecule has 0 bridgehead atoms. The number of carbonyl (C=O) groups excluding carboxylic acids is 2. The summed E-state index contributed by atoms with van der Waals surface area (Å²) in [5, 5.41) is 3.80. The van der Waals surface area contributed by atoms with Crippen LogP contribution >= 0.6 is 11.6 Å². The average Bonchev–Trinajstić information content (AvgIpc) is 2.41. The van der Waals surface area contributed by atoms with Crippen molar-refractivity contribution in [3.05, 3.63) is 39.2 Å². The molecule has 1 aromatic carbocycles. The summed E-state index contributed by atoms with van der Waals surface area (Å²) in [6.07, 6.45) is 1.94. The summed E-state index contributed by atoms with van der Waals surface area (Å²) in [5.41, 5.74) is 8.82. The predicted molar refractivity (Wildman–Crippen MR) is 70.2 cm³/mol. The van der Waals surface area contributed by atoms with E-state index in [1.807, 2.05) is 0 Å². The van der Waals surface area contributed by atoms with Gasteiger partial charge in [-0.05, 0) is 30.5 Å². The number of piperidine rings is 1. The van der Waals surface area contributed by atoms with Gasteiger partial charge in [0.2, 0.25) is 5.91 Å². The van der Waals surface area contributed by atoms with Crippen LogP contribution in [0.3, 0.4) is 0 Å². The number of carbonyl (C=O) groups is 2. The molecule has 1 aromatic rings. The van der Waals surface area contributed by atoms with Crippen LogP contribution in [0.4, 0.5) is 5.69 Å². The predicted octanol–water partition coefficient (Wildman–Crippen LogP) is 3.43. The molecule has 98 valence electrons. The number of hydrogen-bond donors (Lipinski definition) is 0. The molecule has 2 rings (SSSR count). The van der Waals surface area contributed by atoms with Crippen molar-refractivity contribution >= 4 is 29.1 Å². The summed E-state index contributed by atoms with van der Waals surface area (Å²) in [7, 11) is 0. The van der Waals surface area contributed by atoms with Crippen molar-refractivity contribution in [1.82, 2.24) is 4.90 Å². The van der Waals surface area contributed by atoms with E-state index in [0.29, 0.717) is 18.0 Å². The normalized spacial score (nSPS) is 15.0. The Morgan fingerprint density at radius 2 is 2.21 bits per heavy atom. The highest BCUT2D eigenvalue weighted by Crippen LogP contribution is 2.26. The van der Waals surface area contributed by atoms with Gasteiger partial charge in [-0.2, -0.15) is 0 Å². The van der Waals surface area contributed by atoms with E-state index in [0.717, 1.165) is 12.8 Å². The van der Waals surface area contributed by atoms with Gasteiger partial charge in [-0.1, -0.05) is 22.8 Å². The highest BCUT2D eigenvalue weighted by atomic mass is 35.5. The Morgan fingerprint density at radius 3 is 2.89 bits per heavy atom. The summed E-state index contributed by atoms with van der Waals surface area (Å²) in [6, 6.07) is 4.40. The van der Waals surface area contributed by atoms with Crippen LogP contribution in [0.1, 0.15) is 29.6 Å². The second-order valence-electron chi connectivity index (χ2n) is 4.16. The van der Waals surface area contributed by atoms with Gasteiger partial charge < -0.3 is 0 Å². The standard InChI is InChI=1S/C12H11ClN4O2/c13-8-4-5-10(15-16-14)9(7-8)12(19)17-6-2-1-3-11(17)18/h4-5,7H,1-3,6H2. The molecule has 2 amide bonds. The van der Waals surface area contributed by atoms with Crippen LogP contribution in [0.15, 0.2) is 23.3 Å². The van der Waals surface area contributed by atoms with Crippen LogP contribution < -0.4 is 0 Å². The molecular weight excluding hydrogens is 268 g/mol. The second-order valence-corrected chi connectivity index (χ2v) is 4.59. The minimum Gasteiger partial charge on any atom is -0.279 e. The van der Waals surface area contributed by atoms with Crippen molar-refractivity contribution in [2.75, 3.05) is 6.54 Å². The summed E-state index contributed by atoms with van der Waals surface area (Å²) < 4.78 is 0. The lowest BCUT2D eigenvalue weighted by molar-refractivity contribution is -0.130. The number of nitrogens with zero attached hydrogens (tertiary/aromatic N) is 4. The minimum absolute atomic E-state index is 0.153. The highest BCUT2D eigenvalue weighted by molar-refractivity contribution is 6.31. The van der Waals surface area contributed by atoms with Crippen LogP contribution in [0.25, 0.3) is 10.4 Å². The van der Waals surface area contributed by atoms with E-state index in [4.69, 9.17) is 17.1 Å². The molecule has 7 heteroatoms. The third-order valence-corrected chi connectivity index (χ3v) is 3.15. The fourth-order valence-corrected chi connectivity index (χ4v) is 2.15. The van der Waals surface area contributed by atoms with E-state index in [2.05, 4.69) is 10.0 Å². The van der Waals surface area contributed by atoms with Gasteiger partial charge >= 0.3 is 0 Å². The molecule has 0 radical (unpaired) electrons. The number of amides is 2. The van der Waals surface area contributed by atoms with E-state index >= 15 is 0 Å². The molecule has 1 saturated heterocycles. The van der Waals surface area contributed by atoms with E-state index in [1.165, 1.54) is 23.1 Å². The van der Waals surface area contributed by atoms with Gasteiger partial charge in [0.15, 0.2) is 0 Å². The maximum atomic E-state index is 12.3. The van der Waals surface area contributed by atoms with Crippen molar-refractivity contribution in [3.63, 3.8) is 0 Å². The molecule has 6 nitrogen and oxygen atoms in total. The van der Waals surface area contributed by atoms with E-state index in [-0.39, 0.29) is 17.2 Å². The van der Waals surface area contributed by atoms with E-state index in [9.17, 15) is 9.59 Å². The van der Waals surface area contributed by atoms with Gasteiger partial charge in [-0.15, -0.1) is 0 Å². The van der Waals surface area contributed by atoms with E-state index < -0.39 is 5.91 Å². The van der Waals surface area contributed by atoms with Gasteiger partial charge in [0.25, 0.3) is 5.91 Å². The lowest BCUT2D eigenvalue weighted by Gasteiger charge is -2.25. The largest absolute Gasteiger partial charge is 0.279 e. The molecule has 0 unspecified atom stereocenters. The van der Waals surface area contributed by atoms with Crippen molar-refractivity contribution in [2.24, 2.45) is 5.11 Å². The Bertz CT molecular complexity index is 581. The summed E-state index contributed by atoms with van der Waals surface area (Å²) in [4.78, 5) is 27.9. The van der Waals surface area contributed by atoms with Crippen LogP contribution in [0.2, 0.25) is 5.02 Å². The molecular formula is C12H11ClN4O2. The molecule has 1 heterocycles. The number of halogens is 1. The first-order valence-corrected chi connectivity index (χ1v) is 6.20. The Hall–Kier alpha value is -2.04. The fraction of sp³-hybridized carbons (Fsp3) is 0.333. The van der Waals surface area contributed by atoms with Gasteiger partial charge in [-0.25, -0.2) is 0 Å². The molecule has 0 saturated carbocycles. The maximum absolute atomic E-state index is 12.3. The van der Waals surface area contributed by atoms with Crippen molar-refractivity contribution < 1.29 is 9.59 Å². The first kappa shape index (κ1) is 13.4. The first-order valence-electron chi connectivity index (χ1n) is 5.83. The molecule has 0 aliphatic carbocycles. The van der Waals surface area contributed by atoms with Gasteiger partial charge in [-0.3, -0.25) is 14.5 Å². The number of rotatable bonds is 2. The van der Waals surface area contributed by atoms with Crippen molar-refractivity contribution in [2.45, 2.75) is 19.3 Å². The molecule has 0 spiro atoms. The molecule has 19 heavy (non-hydrogen) atoms. The second kappa shape index (κ2) is 5.73. The Kier molecular flexibility index (Phi) is 4.04. The molecule has 0 N–H and O–H groups in total. The average molecular weight is 279 g/mol. The van der Waals surface area contributed by atoms with Crippen molar-refractivity contribution in [3.8, 4) is 0 Å². The Morgan fingerprint density at radius 1 is 1.42 bits per heavy atom. The third-order valence-electron chi connectivity index (χ3n) is 2.91. The highest BCUT2D eigenvalue weighted by Gasteiger charge is 2.26. The number of azide groups is 1. The van der Waals surface area contributed by atoms with Crippen LogP contribution in [0, 0.1) is 0 Å². The zero-order chi connectivity index (χ0) is 13.8. The number of benzene rings is 1. The summed E-state index contributed by atoms with van der Waals surface area (Å²) >= 11 is 5.85. The summed E-state index contributed by atoms with van der Waals surface area (Å²) in [5.74, 6) is -0.669. The van der Waals surface area contributed by atoms with Gasteiger partial charge in [0.1, 0.15) is 0 Å². The monoisotopic (exact) mass is 278 g/mol. The SMILES string of the molecule is [N-]=[N+]=Nc1ccc(Cl)cc1C(=O)N1CCCCC1=O. The lowest BCUT2D eigenvalue weighted by atomic mass is 10.1. The number of hydrogen-bond acceptors (Lipinski definition) is 3. The number of imide groups is 1. The first-order chi connectivity index (χ1) is 9.13. The van der Waals surface area contributed by atoms with Crippen molar-refractivity contribution in [1.29, 1.82) is 0 Å². The smallest absolute Gasteiger partial charge is 0.260 e. The van der Waals surface area contributed by atoms with Crippen LogP contribution in [-0.2, 0) is 4.79 Å². The molecule has 0 aromatic heterocycles. The molecule has 1 aliphatic rings. The zero-order valence-corrected chi connectivity index (χ0v) is 10.8. The zero-order valence-electron chi connectivity index (χ0n) is 10.0. The lowest BCUT2D eigenvalue weighted by Crippen LogP contribution is -2.40. The Balaban J connectivity index is 2.39. The van der Waals surface area contributed by atoms with E-state index in [1.54, 1.807) is 0 Å². The molecule has 1 aliphatic heterocycles. The van der Waals surface area contributed by atoms with Crippen LogP contribution in [-0.4, -0.2) is 23.3 Å². The van der Waals surface area contributed by atoms with Crippen LogP contribution in [0.5, 0.6) is 0 Å². The molecule has 1 fully saturated rings. The number of likely N-dealkylation sites (tertiary alicyclic amines) is 1. The Labute approximate surface area is 114 Å². The topological polar surface area (TPSA) is 86.1 Å².